The number of nitrogens with zero attached hydrogens (tertiary/aromatic N) is 3. The van der Waals surface area contributed by atoms with Crippen LogP contribution in [0.15, 0.2) is 47.6 Å². The van der Waals surface area contributed by atoms with E-state index < -0.39 is 0 Å². The minimum Gasteiger partial charge on any atom is -0.495 e. The fourth-order valence-corrected chi connectivity index (χ4v) is 4.05. The monoisotopic (exact) mass is 493 g/mol. The van der Waals surface area contributed by atoms with Gasteiger partial charge in [-0.05, 0) is 31.2 Å². The summed E-state index contributed by atoms with van der Waals surface area (Å²) >= 11 is 13.3. The second kappa shape index (κ2) is 11.2. The molecule has 1 aromatic heterocycles. The number of benzene rings is 2. The molecule has 0 aliphatic heterocycles. The Morgan fingerprint density at radius 1 is 1.03 bits per heavy atom. The number of amides is 2. The topological polar surface area (TPSA) is 98.1 Å². The molecular weight excluding hydrogens is 473 g/mol. The zero-order valence-electron chi connectivity index (χ0n) is 17.4. The molecule has 11 heteroatoms. The highest BCUT2D eigenvalue weighted by molar-refractivity contribution is 7.99. The molecule has 1 heterocycles. The van der Waals surface area contributed by atoms with Crippen molar-refractivity contribution >= 4 is 58.2 Å². The van der Waals surface area contributed by atoms with Gasteiger partial charge < -0.3 is 19.9 Å². The molecule has 168 valence electrons. The molecule has 0 saturated heterocycles. The van der Waals surface area contributed by atoms with Gasteiger partial charge in [-0.1, -0.05) is 53.2 Å². The van der Waals surface area contributed by atoms with Gasteiger partial charge in [-0.15, -0.1) is 10.2 Å². The molecule has 0 saturated carbocycles. The number of aromatic nitrogens is 3. The molecule has 0 fully saturated rings. The first kappa shape index (κ1) is 23.9. The van der Waals surface area contributed by atoms with E-state index >= 15 is 0 Å². The minimum absolute atomic E-state index is 0.00233. The van der Waals surface area contributed by atoms with Crippen LogP contribution >= 0.6 is 35.0 Å². The van der Waals surface area contributed by atoms with Crippen molar-refractivity contribution in [2.75, 3.05) is 23.5 Å². The molecule has 0 spiro atoms. The molecule has 2 amide bonds. The number of rotatable bonds is 9. The Morgan fingerprint density at radius 3 is 2.50 bits per heavy atom. The van der Waals surface area contributed by atoms with E-state index in [1.165, 1.54) is 11.8 Å². The maximum absolute atomic E-state index is 12.5. The summed E-state index contributed by atoms with van der Waals surface area (Å²) in [4.78, 5) is 24.8. The van der Waals surface area contributed by atoms with Crippen LogP contribution in [0.2, 0.25) is 10.0 Å². The number of para-hydroxylation sites is 2. The van der Waals surface area contributed by atoms with Crippen molar-refractivity contribution in [3.63, 3.8) is 0 Å². The molecule has 2 N–H and O–H groups in total. The number of halogens is 2. The number of ether oxygens (including phenoxy) is 1. The fraction of sp³-hybridized carbons (Fsp3) is 0.238. The average Bonchev–Trinajstić information content (AvgIpc) is 3.17. The standard InChI is InChI=1S/C21H21Cl2N5O3S/c1-3-28-17(11-18(29)25-15-9-6-7-13(22)20(15)23)26-27-21(28)32-12-19(30)24-14-8-4-5-10-16(14)31-2/h4-10H,3,11-12H2,1-2H3,(H,24,30)(H,25,29). The number of anilines is 2. The van der Waals surface area contributed by atoms with Crippen molar-refractivity contribution < 1.29 is 14.3 Å². The van der Waals surface area contributed by atoms with Gasteiger partial charge in [0.2, 0.25) is 11.8 Å². The Hall–Kier alpha value is -2.75. The first-order chi connectivity index (χ1) is 15.4. The number of methoxy groups -OCH3 is 1. The summed E-state index contributed by atoms with van der Waals surface area (Å²) in [5.74, 6) is 0.675. The number of nitrogens with one attached hydrogen (secondary N) is 2. The van der Waals surface area contributed by atoms with Gasteiger partial charge in [0.25, 0.3) is 0 Å². The van der Waals surface area contributed by atoms with Gasteiger partial charge >= 0.3 is 0 Å². The maximum atomic E-state index is 12.5. The number of hydrogen-bond donors (Lipinski definition) is 2. The molecule has 2 aromatic carbocycles. The molecule has 0 aliphatic carbocycles. The normalized spacial score (nSPS) is 10.6. The Morgan fingerprint density at radius 2 is 1.75 bits per heavy atom. The van der Waals surface area contributed by atoms with Crippen molar-refractivity contribution in [1.82, 2.24) is 14.8 Å². The summed E-state index contributed by atoms with van der Waals surface area (Å²) in [5.41, 5.74) is 1.02. The lowest BCUT2D eigenvalue weighted by atomic mass is 10.3. The third-order valence-electron chi connectivity index (χ3n) is 4.37. The molecule has 0 atom stereocenters. The zero-order chi connectivity index (χ0) is 23.1. The highest BCUT2D eigenvalue weighted by atomic mass is 35.5. The number of carbonyl (C=O) groups is 2. The van der Waals surface area contributed by atoms with E-state index in [1.54, 1.807) is 42.0 Å². The van der Waals surface area contributed by atoms with Crippen LogP contribution in [0.1, 0.15) is 12.7 Å². The molecule has 3 aromatic rings. The van der Waals surface area contributed by atoms with E-state index in [0.29, 0.717) is 39.7 Å². The summed E-state index contributed by atoms with van der Waals surface area (Å²) in [5, 5.41) is 15.0. The van der Waals surface area contributed by atoms with Crippen LogP contribution < -0.4 is 15.4 Å². The zero-order valence-corrected chi connectivity index (χ0v) is 19.7. The van der Waals surface area contributed by atoms with Crippen molar-refractivity contribution in [2.45, 2.75) is 25.0 Å². The van der Waals surface area contributed by atoms with Gasteiger partial charge in [-0.3, -0.25) is 9.59 Å². The van der Waals surface area contributed by atoms with Crippen LogP contribution in [0.25, 0.3) is 0 Å². The van der Waals surface area contributed by atoms with E-state index in [2.05, 4.69) is 20.8 Å². The fourth-order valence-electron chi connectivity index (χ4n) is 2.88. The van der Waals surface area contributed by atoms with Crippen LogP contribution in [-0.2, 0) is 22.6 Å². The smallest absolute Gasteiger partial charge is 0.234 e. The van der Waals surface area contributed by atoms with E-state index in [-0.39, 0.29) is 29.0 Å². The van der Waals surface area contributed by atoms with Gasteiger partial charge in [0.15, 0.2) is 5.16 Å². The first-order valence-electron chi connectivity index (χ1n) is 9.64. The maximum Gasteiger partial charge on any atom is 0.234 e. The van der Waals surface area contributed by atoms with Crippen LogP contribution in [0.4, 0.5) is 11.4 Å². The van der Waals surface area contributed by atoms with Crippen LogP contribution in [-0.4, -0.2) is 39.4 Å². The molecule has 3 rings (SSSR count). The summed E-state index contributed by atoms with van der Waals surface area (Å²) in [7, 11) is 1.54. The molecule has 0 radical (unpaired) electrons. The van der Waals surface area contributed by atoms with Gasteiger partial charge in [0.05, 0.1) is 40.7 Å². The minimum atomic E-state index is -0.304. The van der Waals surface area contributed by atoms with Crippen molar-refractivity contribution in [3.8, 4) is 5.75 Å². The van der Waals surface area contributed by atoms with Gasteiger partial charge in [0, 0.05) is 6.54 Å². The molecular formula is C21H21Cl2N5O3S. The van der Waals surface area contributed by atoms with E-state index in [9.17, 15) is 9.59 Å². The van der Waals surface area contributed by atoms with Crippen LogP contribution in [0, 0.1) is 0 Å². The van der Waals surface area contributed by atoms with Crippen molar-refractivity contribution in [3.05, 3.63) is 58.3 Å². The third-order valence-corrected chi connectivity index (χ3v) is 6.15. The Bertz CT molecular complexity index is 1120. The van der Waals surface area contributed by atoms with E-state index in [1.807, 2.05) is 19.1 Å². The highest BCUT2D eigenvalue weighted by Crippen LogP contribution is 2.29. The second-order valence-corrected chi connectivity index (χ2v) is 8.23. The van der Waals surface area contributed by atoms with Gasteiger partial charge in [0.1, 0.15) is 11.6 Å². The SMILES string of the molecule is CCn1c(CC(=O)Nc2cccc(Cl)c2Cl)nnc1SCC(=O)Nc1ccccc1OC. The molecule has 8 nitrogen and oxygen atoms in total. The molecule has 0 aliphatic rings. The molecule has 0 unspecified atom stereocenters. The predicted molar refractivity (Wildman–Crippen MR) is 127 cm³/mol. The first-order valence-corrected chi connectivity index (χ1v) is 11.4. The average molecular weight is 494 g/mol. The van der Waals surface area contributed by atoms with Crippen molar-refractivity contribution in [1.29, 1.82) is 0 Å². The summed E-state index contributed by atoms with van der Waals surface area (Å²) in [6.45, 7) is 2.46. The number of carbonyl (C=O) groups excluding carboxylic acids is 2. The Balaban J connectivity index is 1.61. The van der Waals surface area contributed by atoms with Gasteiger partial charge in [-0.2, -0.15) is 0 Å². The third kappa shape index (κ3) is 5.93. The van der Waals surface area contributed by atoms with Crippen LogP contribution in [0.3, 0.4) is 0 Å². The molecule has 0 bridgehead atoms. The van der Waals surface area contributed by atoms with E-state index in [0.717, 1.165) is 0 Å². The summed E-state index contributed by atoms with van der Waals surface area (Å²) in [6, 6.07) is 12.2. The number of thioether (sulfide) groups is 1. The second-order valence-electron chi connectivity index (χ2n) is 6.51. The van der Waals surface area contributed by atoms with Gasteiger partial charge in [-0.25, -0.2) is 0 Å². The summed E-state index contributed by atoms with van der Waals surface area (Å²) < 4.78 is 7.03. The lowest BCUT2D eigenvalue weighted by molar-refractivity contribution is -0.116. The summed E-state index contributed by atoms with van der Waals surface area (Å²) in [6.07, 6.45) is -0.00233. The lowest BCUT2D eigenvalue weighted by Gasteiger charge is -2.10. The highest BCUT2D eigenvalue weighted by Gasteiger charge is 2.17. The quantitative estimate of drug-likeness (QED) is 0.425. The van der Waals surface area contributed by atoms with Crippen LogP contribution in [0.5, 0.6) is 5.75 Å². The van der Waals surface area contributed by atoms with Crippen molar-refractivity contribution in [2.24, 2.45) is 0 Å². The number of hydrogen-bond acceptors (Lipinski definition) is 6. The Kier molecular flexibility index (Phi) is 8.38. The largest absolute Gasteiger partial charge is 0.495 e. The Labute approximate surface area is 199 Å². The van der Waals surface area contributed by atoms with E-state index in [4.69, 9.17) is 27.9 Å². The predicted octanol–water partition coefficient (Wildman–Crippen LogP) is 4.53. The molecule has 32 heavy (non-hydrogen) atoms. The lowest BCUT2D eigenvalue weighted by Crippen LogP contribution is -2.18.